The van der Waals surface area contributed by atoms with Crippen molar-refractivity contribution in [3.8, 4) is 0 Å². The van der Waals surface area contributed by atoms with E-state index < -0.39 is 17.8 Å². The first-order chi connectivity index (χ1) is 8.38. The number of aliphatic hydroxyl groups excluding tert-OH is 1. The Morgan fingerprint density at radius 1 is 1.28 bits per heavy atom. The SMILES string of the molecule is OC1CCCC1Nc1ccc(C(F)(F)F)cc1Cl. The molecule has 0 radical (unpaired) electrons. The lowest BCUT2D eigenvalue weighted by Crippen LogP contribution is -2.28. The van der Waals surface area contributed by atoms with Crippen LogP contribution in [0.15, 0.2) is 18.2 Å². The zero-order valence-corrected chi connectivity index (χ0v) is 10.2. The molecule has 0 amide bonds. The molecule has 0 saturated heterocycles. The topological polar surface area (TPSA) is 32.3 Å². The van der Waals surface area contributed by atoms with Gasteiger partial charge in [0.2, 0.25) is 0 Å². The van der Waals surface area contributed by atoms with Gasteiger partial charge in [-0.1, -0.05) is 11.6 Å². The van der Waals surface area contributed by atoms with Crippen molar-refractivity contribution in [1.82, 2.24) is 0 Å². The Labute approximate surface area is 108 Å². The lowest BCUT2D eigenvalue weighted by molar-refractivity contribution is -0.137. The van der Waals surface area contributed by atoms with Gasteiger partial charge in [-0.05, 0) is 37.5 Å². The van der Waals surface area contributed by atoms with Crippen molar-refractivity contribution in [2.24, 2.45) is 0 Å². The highest BCUT2D eigenvalue weighted by molar-refractivity contribution is 6.33. The van der Waals surface area contributed by atoms with Crippen molar-refractivity contribution in [1.29, 1.82) is 0 Å². The van der Waals surface area contributed by atoms with Crippen LogP contribution in [0, 0.1) is 0 Å². The quantitative estimate of drug-likeness (QED) is 0.865. The van der Waals surface area contributed by atoms with Gasteiger partial charge in [-0.3, -0.25) is 0 Å². The van der Waals surface area contributed by atoms with Crippen LogP contribution < -0.4 is 5.32 Å². The number of alkyl halides is 3. The molecule has 6 heteroatoms. The normalized spacial score (nSPS) is 24.3. The number of aliphatic hydroxyl groups is 1. The molecule has 2 unspecified atom stereocenters. The number of benzene rings is 1. The van der Waals surface area contributed by atoms with Crippen LogP contribution in [-0.2, 0) is 6.18 Å². The Morgan fingerprint density at radius 3 is 2.50 bits per heavy atom. The van der Waals surface area contributed by atoms with Crippen LogP contribution in [0.5, 0.6) is 0 Å². The smallest absolute Gasteiger partial charge is 0.391 e. The molecule has 1 saturated carbocycles. The highest BCUT2D eigenvalue weighted by Gasteiger charge is 2.31. The first kappa shape index (κ1) is 13.5. The van der Waals surface area contributed by atoms with Gasteiger partial charge in [0.1, 0.15) is 0 Å². The molecule has 0 aliphatic heterocycles. The average molecular weight is 280 g/mol. The zero-order valence-electron chi connectivity index (χ0n) is 9.47. The Bertz CT molecular complexity index is 436. The van der Waals surface area contributed by atoms with E-state index in [9.17, 15) is 18.3 Å². The third-order valence-corrected chi connectivity index (χ3v) is 3.43. The lowest BCUT2D eigenvalue weighted by Gasteiger charge is -2.19. The van der Waals surface area contributed by atoms with Crippen molar-refractivity contribution in [2.45, 2.75) is 37.6 Å². The van der Waals surface area contributed by atoms with Gasteiger partial charge in [-0.2, -0.15) is 13.2 Å². The molecular weight excluding hydrogens is 267 g/mol. The van der Waals surface area contributed by atoms with Gasteiger partial charge in [-0.25, -0.2) is 0 Å². The summed E-state index contributed by atoms with van der Waals surface area (Å²) in [6, 6.07) is 3.04. The summed E-state index contributed by atoms with van der Waals surface area (Å²) in [6.45, 7) is 0. The average Bonchev–Trinajstić information content (AvgIpc) is 2.66. The number of hydrogen-bond donors (Lipinski definition) is 2. The molecule has 2 N–H and O–H groups in total. The van der Waals surface area contributed by atoms with Gasteiger partial charge in [0.15, 0.2) is 0 Å². The number of halogens is 4. The van der Waals surface area contributed by atoms with Crippen molar-refractivity contribution >= 4 is 17.3 Å². The fourth-order valence-electron chi connectivity index (χ4n) is 2.12. The number of rotatable bonds is 2. The van der Waals surface area contributed by atoms with Gasteiger partial charge >= 0.3 is 6.18 Å². The summed E-state index contributed by atoms with van der Waals surface area (Å²) in [6.07, 6.45) is -2.47. The molecule has 1 aromatic rings. The van der Waals surface area contributed by atoms with E-state index in [0.29, 0.717) is 12.1 Å². The van der Waals surface area contributed by atoms with Crippen LogP contribution in [0.25, 0.3) is 0 Å². The monoisotopic (exact) mass is 279 g/mol. The van der Waals surface area contributed by atoms with Gasteiger partial charge in [0, 0.05) is 0 Å². The van der Waals surface area contributed by atoms with Crippen LogP contribution in [0.3, 0.4) is 0 Å². The molecule has 1 aromatic carbocycles. The van der Waals surface area contributed by atoms with E-state index in [1.807, 2.05) is 0 Å². The number of anilines is 1. The molecule has 100 valence electrons. The Morgan fingerprint density at radius 2 is 2.00 bits per heavy atom. The van der Waals surface area contributed by atoms with Crippen molar-refractivity contribution < 1.29 is 18.3 Å². The minimum Gasteiger partial charge on any atom is -0.391 e. The van der Waals surface area contributed by atoms with Gasteiger partial charge in [0.05, 0.1) is 28.4 Å². The number of hydrogen-bond acceptors (Lipinski definition) is 2. The van der Waals surface area contributed by atoms with Crippen molar-refractivity contribution in [2.75, 3.05) is 5.32 Å². The molecule has 2 atom stereocenters. The van der Waals surface area contributed by atoms with Crippen LogP contribution >= 0.6 is 11.6 Å². The van der Waals surface area contributed by atoms with E-state index >= 15 is 0 Å². The second-order valence-corrected chi connectivity index (χ2v) is 4.85. The predicted octanol–water partition coefficient (Wildman–Crippen LogP) is 3.68. The molecule has 2 rings (SSSR count). The van der Waals surface area contributed by atoms with E-state index in [-0.39, 0.29) is 11.1 Å². The molecule has 18 heavy (non-hydrogen) atoms. The van der Waals surface area contributed by atoms with Crippen LogP contribution in [0.2, 0.25) is 5.02 Å². The first-order valence-electron chi connectivity index (χ1n) is 5.69. The zero-order chi connectivity index (χ0) is 13.3. The fourth-order valence-corrected chi connectivity index (χ4v) is 2.35. The Balaban J connectivity index is 2.15. The second kappa shape index (κ2) is 4.97. The summed E-state index contributed by atoms with van der Waals surface area (Å²) in [7, 11) is 0. The maximum Gasteiger partial charge on any atom is 0.416 e. The van der Waals surface area contributed by atoms with Crippen molar-refractivity contribution in [3.63, 3.8) is 0 Å². The summed E-state index contributed by atoms with van der Waals surface area (Å²) in [5, 5.41) is 12.6. The Hall–Kier alpha value is -0.940. The molecular formula is C12H13ClF3NO. The van der Waals surface area contributed by atoms with E-state index in [0.717, 1.165) is 25.0 Å². The summed E-state index contributed by atoms with van der Waals surface area (Å²) in [4.78, 5) is 0. The molecule has 1 aliphatic carbocycles. The Kier molecular flexibility index (Phi) is 3.73. The van der Waals surface area contributed by atoms with Crippen molar-refractivity contribution in [3.05, 3.63) is 28.8 Å². The van der Waals surface area contributed by atoms with Crippen LogP contribution in [-0.4, -0.2) is 17.3 Å². The second-order valence-electron chi connectivity index (χ2n) is 4.44. The first-order valence-corrected chi connectivity index (χ1v) is 6.07. The summed E-state index contributed by atoms with van der Waals surface area (Å²) in [5.41, 5.74) is -0.347. The maximum absolute atomic E-state index is 12.4. The third kappa shape index (κ3) is 2.90. The largest absolute Gasteiger partial charge is 0.416 e. The summed E-state index contributed by atoms with van der Waals surface area (Å²) >= 11 is 5.82. The molecule has 1 aliphatic rings. The van der Waals surface area contributed by atoms with E-state index in [2.05, 4.69) is 5.32 Å². The van der Waals surface area contributed by atoms with E-state index in [4.69, 9.17) is 11.6 Å². The number of nitrogens with one attached hydrogen (secondary N) is 1. The van der Waals surface area contributed by atoms with Gasteiger partial charge < -0.3 is 10.4 Å². The minimum absolute atomic E-state index is 0.0175. The minimum atomic E-state index is -4.39. The van der Waals surface area contributed by atoms with E-state index in [1.54, 1.807) is 0 Å². The predicted molar refractivity (Wildman–Crippen MR) is 63.7 cm³/mol. The highest BCUT2D eigenvalue weighted by atomic mass is 35.5. The van der Waals surface area contributed by atoms with Crippen LogP contribution in [0.4, 0.5) is 18.9 Å². The fraction of sp³-hybridized carbons (Fsp3) is 0.500. The molecule has 0 bridgehead atoms. The molecule has 2 nitrogen and oxygen atoms in total. The van der Waals surface area contributed by atoms with Gasteiger partial charge in [0.25, 0.3) is 0 Å². The summed E-state index contributed by atoms with van der Waals surface area (Å²) < 4.78 is 37.3. The standard InChI is InChI=1S/C12H13ClF3NO/c13-8-6-7(12(14,15)16)4-5-9(8)17-10-2-1-3-11(10)18/h4-6,10-11,17-18H,1-3H2. The molecule has 0 spiro atoms. The third-order valence-electron chi connectivity index (χ3n) is 3.12. The maximum atomic E-state index is 12.4. The highest BCUT2D eigenvalue weighted by Crippen LogP contribution is 2.34. The van der Waals surface area contributed by atoms with E-state index in [1.165, 1.54) is 6.07 Å². The molecule has 0 heterocycles. The summed E-state index contributed by atoms with van der Waals surface area (Å²) in [5.74, 6) is 0. The lowest BCUT2D eigenvalue weighted by atomic mass is 10.1. The van der Waals surface area contributed by atoms with Gasteiger partial charge in [-0.15, -0.1) is 0 Å². The van der Waals surface area contributed by atoms with Crippen LogP contribution in [0.1, 0.15) is 24.8 Å². The molecule has 1 fully saturated rings. The molecule has 0 aromatic heterocycles.